The van der Waals surface area contributed by atoms with Gasteiger partial charge in [0.1, 0.15) is 6.17 Å². The zero-order valence-corrected chi connectivity index (χ0v) is 18.6. The van der Waals surface area contributed by atoms with Crippen LogP contribution in [0.1, 0.15) is 33.6 Å². The van der Waals surface area contributed by atoms with Gasteiger partial charge in [-0.05, 0) is 61.4 Å². The predicted octanol–water partition coefficient (Wildman–Crippen LogP) is 5.94. The third-order valence-electron chi connectivity index (χ3n) is 4.76. The van der Waals surface area contributed by atoms with Gasteiger partial charge in [0.05, 0.1) is 6.07 Å². The monoisotopic (exact) mass is 423 g/mol. The molecule has 1 aliphatic heterocycles. The minimum atomic E-state index is -0.662. The van der Waals surface area contributed by atoms with Crippen molar-refractivity contribution in [3.8, 4) is 28.9 Å². The second kappa shape index (κ2) is 12.3. The first-order chi connectivity index (χ1) is 15.1. The smallest absolute Gasteiger partial charge is 0.258 e. The van der Waals surface area contributed by atoms with Crippen molar-refractivity contribution in [3.63, 3.8) is 0 Å². The number of halogens is 1. The van der Waals surface area contributed by atoms with Crippen molar-refractivity contribution in [1.82, 2.24) is 10.1 Å². The van der Waals surface area contributed by atoms with Gasteiger partial charge in [0.25, 0.3) is 5.89 Å². The normalized spacial score (nSPS) is 13.2. The van der Waals surface area contributed by atoms with Gasteiger partial charge in [-0.15, -0.1) is 0 Å². The minimum absolute atomic E-state index is 0.492. The summed E-state index contributed by atoms with van der Waals surface area (Å²) in [7, 11) is 1.88. The summed E-state index contributed by atoms with van der Waals surface area (Å²) >= 11 is 0. The van der Waals surface area contributed by atoms with E-state index in [0.29, 0.717) is 24.6 Å². The Labute approximate surface area is 183 Å². The van der Waals surface area contributed by atoms with E-state index in [-0.39, 0.29) is 0 Å². The second-order valence-electron chi connectivity index (χ2n) is 6.68. The molecular weight excluding hydrogens is 393 g/mol. The zero-order chi connectivity index (χ0) is 22.6. The molecule has 0 atom stereocenters. The number of benzene rings is 2. The van der Waals surface area contributed by atoms with Crippen molar-refractivity contribution in [2.75, 3.05) is 30.4 Å². The standard InChI is InChI=1S/C20H21FN4O.C2H3N.C2H6/c1-22-17-6-2-14(3-7-17)19-23-20(26-24-19)15-4-8-18(9-5-15)25-12-10-16(21)11-13-25;1-2-3;1-2/h2-9,16,22H,10-13H2,1H3;1H3;1-2H3. The molecule has 0 radical (unpaired) electrons. The number of rotatable bonds is 4. The molecule has 1 saturated heterocycles. The Kier molecular flexibility index (Phi) is 9.50. The van der Waals surface area contributed by atoms with Gasteiger partial charge >= 0.3 is 0 Å². The predicted molar refractivity (Wildman–Crippen MR) is 124 cm³/mol. The summed E-state index contributed by atoms with van der Waals surface area (Å²) < 4.78 is 18.7. The lowest BCUT2D eigenvalue weighted by atomic mass is 10.1. The van der Waals surface area contributed by atoms with Crippen LogP contribution in [0.5, 0.6) is 0 Å². The highest BCUT2D eigenvalue weighted by Crippen LogP contribution is 2.27. The SMILES string of the molecule is CC.CC#N.CNc1ccc(-c2noc(-c3ccc(N4CCC(F)CC4)cc3)n2)cc1. The molecule has 0 saturated carbocycles. The summed E-state index contributed by atoms with van der Waals surface area (Å²) in [6.07, 6.45) is 0.534. The Morgan fingerprint density at radius 2 is 1.58 bits per heavy atom. The van der Waals surface area contributed by atoms with E-state index in [4.69, 9.17) is 9.78 Å². The van der Waals surface area contributed by atoms with Gasteiger partial charge in [-0.1, -0.05) is 19.0 Å². The third kappa shape index (κ3) is 6.54. The summed E-state index contributed by atoms with van der Waals surface area (Å²) in [5, 5.41) is 14.5. The van der Waals surface area contributed by atoms with Gasteiger partial charge in [-0.3, -0.25) is 0 Å². The van der Waals surface area contributed by atoms with E-state index in [0.717, 1.165) is 35.6 Å². The lowest BCUT2D eigenvalue weighted by molar-refractivity contribution is 0.277. The molecule has 164 valence electrons. The average molecular weight is 424 g/mol. The number of nitrogens with zero attached hydrogens (tertiary/aromatic N) is 4. The summed E-state index contributed by atoms with van der Waals surface area (Å²) in [6, 6.07) is 17.6. The van der Waals surface area contributed by atoms with Crippen molar-refractivity contribution in [2.24, 2.45) is 0 Å². The number of nitrogens with one attached hydrogen (secondary N) is 1. The third-order valence-corrected chi connectivity index (χ3v) is 4.76. The van der Waals surface area contributed by atoms with Gasteiger partial charge in [0.15, 0.2) is 0 Å². The lowest BCUT2D eigenvalue weighted by Crippen LogP contribution is -2.34. The fraction of sp³-hybridized carbons (Fsp3) is 0.375. The lowest BCUT2D eigenvalue weighted by Gasteiger charge is -2.30. The number of alkyl halides is 1. The molecule has 1 fully saturated rings. The topological polar surface area (TPSA) is 78.0 Å². The van der Waals surface area contributed by atoms with Crippen molar-refractivity contribution < 1.29 is 8.91 Å². The van der Waals surface area contributed by atoms with Gasteiger partial charge in [0.2, 0.25) is 5.82 Å². The van der Waals surface area contributed by atoms with Crippen LogP contribution in [-0.2, 0) is 0 Å². The molecule has 2 heterocycles. The van der Waals surface area contributed by atoms with Crippen molar-refractivity contribution in [1.29, 1.82) is 5.26 Å². The fourth-order valence-electron chi connectivity index (χ4n) is 3.16. The van der Waals surface area contributed by atoms with Crippen molar-refractivity contribution in [3.05, 3.63) is 48.5 Å². The summed E-state index contributed by atoms with van der Waals surface area (Å²) in [4.78, 5) is 6.71. The van der Waals surface area contributed by atoms with E-state index in [2.05, 4.69) is 20.4 Å². The van der Waals surface area contributed by atoms with Crippen LogP contribution in [0.4, 0.5) is 15.8 Å². The van der Waals surface area contributed by atoms with Crippen LogP contribution in [0.2, 0.25) is 0 Å². The van der Waals surface area contributed by atoms with Crippen LogP contribution in [0.3, 0.4) is 0 Å². The summed E-state index contributed by atoms with van der Waals surface area (Å²) in [6.45, 7) is 6.95. The molecule has 31 heavy (non-hydrogen) atoms. The van der Waals surface area contributed by atoms with Crippen LogP contribution in [0, 0.1) is 11.3 Å². The van der Waals surface area contributed by atoms with Gasteiger partial charge in [0, 0.05) is 49.6 Å². The van der Waals surface area contributed by atoms with Crippen LogP contribution in [0.15, 0.2) is 53.1 Å². The molecule has 1 aromatic heterocycles. The number of nitriles is 1. The Hall–Kier alpha value is -3.40. The highest BCUT2D eigenvalue weighted by Gasteiger charge is 2.19. The molecule has 3 aromatic rings. The molecule has 6 nitrogen and oxygen atoms in total. The first-order valence-corrected chi connectivity index (χ1v) is 10.6. The molecule has 0 unspecified atom stereocenters. The van der Waals surface area contributed by atoms with E-state index >= 15 is 0 Å². The van der Waals surface area contributed by atoms with E-state index in [9.17, 15) is 4.39 Å². The van der Waals surface area contributed by atoms with E-state index in [1.54, 1.807) is 6.07 Å². The van der Waals surface area contributed by atoms with Gasteiger partial charge in [-0.2, -0.15) is 10.2 Å². The quantitative estimate of drug-likeness (QED) is 0.559. The number of hydrogen-bond acceptors (Lipinski definition) is 6. The Morgan fingerprint density at radius 1 is 1.03 bits per heavy atom. The Balaban J connectivity index is 0.000000630. The second-order valence-corrected chi connectivity index (χ2v) is 6.68. The Bertz CT molecular complexity index is 939. The number of anilines is 2. The molecule has 4 rings (SSSR count). The highest BCUT2D eigenvalue weighted by atomic mass is 19.1. The number of piperidine rings is 1. The number of aromatic nitrogens is 2. The highest BCUT2D eigenvalue weighted by molar-refractivity contribution is 5.64. The zero-order valence-electron chi connectivity index (χ0n) is 18.6. The Morgan fingerprint density at radius 3 is 2.13 bits per heavy atom. The number of hydrogen-bond donors (Lipinski definition) is 1. The largest absolute Gasteiger partial charge is 0.388 e. The molecule has 2 aromatic carbocycles. The van der Waals surface area contributed by atoms with Crippen molar-refractivity contribution in [2.45, 2.75) is 39.8 Å². The first-order valence-electron chi connectivity index (χ1n) is 10.6. The molecule has 1 aliphatic rings. The van der Waals surface area contributed by atoms with Crippen LogP contribution in [0.25, 0.3) is 22.8 Å². The first kappa shape index (κ1) is 23.9. The molecule has 0 bridgehead atoms. The van der Waals surface area contributed by atoms with E-state index in [1.165, 1.54) is 6.92 Å². The van der Waals surface area contributed by atoms with Crippen molar-refractivity contribution >= 4 is 11.4 Å². The minimum Gasteiger partial charge on any atom is -0.388 e. The summed E-state index contributed by atoms with van der Waals surface area (Å²) in [5.41, 5.74) is 3.91. The van der Waals surface area contributed by atoms with E-state index in [1.807, 2.05) is 69.4 Å². The molecular formula is C24H30FN5O. The summed E-state index contributed by atoms with van der Waals surface area (Å²) in [5.74, 6) is 1.06. The van der Waals surface area contributed by atoms with Gasteiger partial charge < -0.3 is 14.7 Å². The maximum atomic E-state index is 13.3. The van der Waals surface area contributed by atoms with Crippen LogP contribution in [-0.4, -0.2) is 36.4 Å². The average Bonchev–Trinajstić information content (AvgIpc) is 3.32. The molecule has 0 amide bonds. The van der Waals surface area contributed by atoms with E-state index < -0.39 is 6.17 Å². The fourth-order valence-corrected chi connectivity index (χ4v) is 3.16. The maximum Gasteiger partial charge on any atom is 0.258 e. The van der Waals surface area contributed by atoms with Crippen LogP contribution < -0.4 is 10.2 Å². The van der Waals surface area contributed by atoms with Crippen LogP contribution >= 0.6 is 0 Å². The molecule has 0 aliphatic carbocycles. The maximum absolute atomic E-state index is 13.3. The van der Waals surface area contributed by atoms with Gasteiger partial charge in [-0.25, -0.2) is 4.39 Å². The molecule has 7 heteroatoms. The molecule has 0 spiro atoms. The molecule has 1 N–H and O–H groups in total.